The molecular formula is C30H24O9. The Morgan fingerprint density at radius 2 is 1.41 bits per heavy atom. The molecule has 198 valence electrons. The number of aliphatic hydroxyl groups excluding tert-OH is 2. The van der Waals surface area contributed by atoms with E-state index in [2.05, 4.69) is 0 Å². The van der Waals surface area contributed by atoms with Gasteiger partial charge in [0.1, 0.15) is 5.75 Å². The summed E-state index contributed by atoms with van der Waals surface area (Å²) in [6, 6.07) is 2.47. The van der Waals surface area contributed by atoms with E-state index >= 15 is 0 Å². The van der Waals surface area contributed by atoms with Crippen LogP contribution in [0.5, 0.6) is 23.0 Å². The van der Waals surface area contributed by atoms with Gasteiger partial charge in [0.15, 0.2) is 28.5 Å². The molecule has 0 aromatic heterocycles. The van der Waals surface area contributed by atoms with E-state index in [1.807, 2.05) is 0 Å². The van der Waals surface area contributed by atoms with Gasteiger partial charge in [-0.05, 0) is 59.7 Å². The van der Waals surface area contributed by atoms with Gasteiger partial charge < -0.3 is 29.9 Å². The van der Waals surface area contributed by atoms with Crippen LogP contribution in [-0.2, 0) is 24.4 Å². The van der Waals surface area contributed by atoms with Crippen LogP contribution in [0, 0.1) is 0 Å². The van der Waals surface area contributed by atoms with E-state index < -0.39 is 29.8 Å². The van der Waals surface area contributed by atoms with E-state index in [-0.39, 0.29) is 67.9 Å². The van der Waals surface area contributed by atoms with Crippen molar-refractivity contribution in [3.8, 4) is 23.0 Å². The Labute approximate surface area is 220 Å². The molecule has 0 fully saturated rings. The number of aliphatic hydroxyl groups is 2. The second-order valence-corrected chi connectivity index (χ2v) is 9.89. The molecule has 0 heterocycles. The standard InChI is InChI=1S/C30H24O9/c1-10-5-14-20-23-18(12(8-31)6-15(34)21(23)27(36)29(14)38-3)19-13(9-32)7-16(35)22-24(19)25(20)26(17(10)11(2)33)30(39-4)28(22)37/h6-7,31-32,34,37H,5,8-9H2,1-4H3. The summed E-state index contributed by atoms with van der Waals surface area (Å²) in [5, 5.41) is 45.1. The highest BCUT2D eigenvalue weighted by molar-refractivity contribution is 6.40. The maximum absolute atomic E-state index is 13.8. The normalized spacial score (nSPS) is 13.4. The number of phenolic OH excluding ortho intramolecular Hbond substituents is 2. The number of ketones is 1. The molecule has 0 saturated heterocycles. The lowest BCUT2D eigenvalue weighted by Crippen LogP contribution is -2.13. The van der Waals surface area contributed by atoms with E-state index in [4.69, 9.17) is 9.47 Å². The average molecular weight is 529 g/mol. The molecule has 39 heavy (non-hydrogen) atoms. The molecule has 6 rings (SSSR count). The summed E-state index contributed by atoms with van der Waals surface area (Å²) in [5.74, 6) is -1.28. The Kier molecular flexibility index (Phi) is 5.26. The predicted octanol–water partition coefficient (Wildman–Crippen LogP) is 3.23. The van der Waals surface area contributed by atoms with E-state index in [9.17, 15) is 34.8 Å². The lowest BCUT2D eigenvalue weighted by atomic mass is 9.81. The number of allylic oxidation sites excluding steroid dienone is 2. The number of hydrogen-bond acceptors (Lipinski definition) is 9. The Balaban J connectivity index is 2.21. The first-order valence-corrected chi connectivity index (χ1v) is 12.2. The maximum Gasteiger partial charge on any atom is 0.232 e. The minimum atomic E-state index is -0.580. The van der Waals surface area contributed by atoms with Gasteiger partial charge >= 0.3 is 0 Å². The van der Waals surface area contributed by atoms with Gasteiger partial charge in [-0.1, -0.05) is 5.57 Å². The number of rotatable bonds is 5. The summed E-state index contributed by atoms with van der Waals surface area (Å²) in [7, 11) is 2.66. The van der Waals surface area contributed by atoms with Gasteiger partial charge in [0, 0.05) is 32.9 Å². The molecule has 0 bridgehead atoms. The van der Waals surface area contributed by atoms with Gasteiger partial charge in [-0.2, -0.15) is 0 Å². The minimum absolute atomic E-state index is 0.0325. The molecule has 1 aliphatic carbocycles. The Morgan fingerprint density at radius 1 is 0.821 bits per heavy atom. The number of carbonyl (C=O) groups excluding carboxylic acids is 1. The molecule has 9 nitrogen and oxygen atoms in total. The molecule has 0 aliphatic heterocycles. The van der Waals surface area contributed by atoms with Gasteiger partial charge in [0.2, 0.25) is 5.43 Å². The summed E-state index contributed by atoms with van der Waals surface area (Å²) in [6.45, 7) is 2.02. The molecule has 0 spiro atoms. The summed E-state index contributed by atoms with van der Waals surface area (Å²) < 4.78 is 11.2. The van der Waals surface area contributed by atoms with Crippen molar-refractivity contribution in [3.05, 3.63) is 60.4 Å². The molecule has 0 amide bonds. The lowest BCUT2D eigenvalue weighted by molar-refractivity contribution is -0.111. The van der Waals surface area contributed by atoms with Crippen LogP contribution in [0.15, 0.2) is 27.3 Å². The van der Waals surface area contributed by atoms with Crippen LogP contribution < -0.4 is 20.3 Å². The SMILES string of the molecule is COc1c(O)c2c(=O)cc(CO)c3c4c(CO)cc(O)c5c(=O)c(OC)c6c(c(c1C(C(C)=O)=C(C)C6)c23)c54. The highest BCUT2D eigenvalue weighted by atomic mass is 16.5. The number of carbonyl (C=O) groups is 1. The van der Waals surface area contributed by atoms with Crippen LogP contribution in [0.4, 0.5) is 0 Å². The minimum Gasteiger partial charge on any atom is -0.507 e. The lowest BCUT2D eigenvalue weighted by Gasteiger charge is -2.24. The van der Waals surface area contributed by atoms with Gasteiger partial charge in [-0.3, -0.25) is 14.4 Å². The molecule has 0 radical (unpaired) electrons. The maximum atomic E-state index is 13.8. The highest BCUT2D eigenvalue weighted by Gasteiger charge is 2.35. The fourth-order valence-corrected chi connectivity index (χ4v) is 6.60. The van der Waals surface area contributed by atoms with Crippen molar-refractivity contribution in [1.82, 2.24) is 0 Å². The molecule has 1 aliphatic rings. The van der Waals surface area contributed by atoms with Crippen molar-refractivity contribution in [2.24, 2.45) is 0 Å². The highest BCUT2D eigenvalue weighted by Crippen LogP contribution is 2.55. The van der Waals surface area contributed by atoms with Gasteiger partial charge in [0.05, 0.1) is 38.2 Å². The number of phenols is 2. The van der Waals surface area contributed by atoms with Crippen LogP contribution in [-0.4, -0.2) is 40.4 Å². The van der Waals surface area contributed by atoms with Crippen LogP contribution in [0.25, 0.3) is 48.7 Å². The van der Waals surface area contributed by atoms with Crippen LogP contribution in [0.3, 0.4) is 0 Å². The molecule has 4 N–H and O–H groups in total. The third-order valence-electron chi connectivity index (χ3n) is 7.92. The smallest absolute Gasteiger partial charge is 0.232 e. The zero-order chi connectivity index (χ0) is 28.1. The van der Waals surface area contributed by atoms with E-state index in [1.54, 1.807) is 6.92 Å². The Hall–Kier alpha value is -4.47. The number of fused-ring (bicyclic) bond motifs is 1. The van der Waals surface area contributed by atoms with Crippen molar-refractivity contribution in [2.45, 2.75) is 33.5 Å². The molecule has 0 unspecified atom stereocenters. The Morgan fingerprint density at radius 3 is 1.97 bits per heavy atom. The summed E-state index contributed by atoms with van der Waals surface area (Å²) in [6.07, 6.45) is 0.113. The fraction of sp³-hybridized carbons (Fsp3) is 0.233. The number of ether oxygens (including phenoxy) is 2. The van der Waals surface area contributed by atoms with Gasteiger partial charge in [-0.25, -0.2) is 0 Å². The first-order chi connectivity index (χ1) is 18.6. The quantitative estimate of drug-likeness (QED) is 0.199. The van der Waals surface area contributed by atoms with Crippen molar-refractivity contribution in [3.63, 3.8) is 0 Å². The average Bonchev–Trinajstić information content (AvgIpc) is 3.02. The number of benzene rings is 5. The van der Waals surface area contributed by atoms with Crippen LogP contribution in [0.1, 0.15) is 36.1 Å². The van der Waals surface area contributed by atoms with Crippen LogP contribution >= 0.6 is 0 Å². The van der Waals surface area contributed by atoms with Crippen molar-refractivity contribution in [2.75, 3.05) is 14.2 Å². The predicted molar refractivity (Wildman–Crippen MR) is 147 cm³/mol. The number of hydrogen-bond donors (Lipinski definition) is 4. The van der Waals surface area contributed by atoms with Gasteiger partial charge in [-0.15, -0.1) is 0 Å². The van der Waals surface area contributed by atoms with E-state index in [0.29, 0.717) is 38.1 Å². The number of methoxy groups -OCH3 is 2. The summed E-state index contributed by atoms with van der Waals surface area (Å²) in [5.41, 5.74) is 0.790. The molecule has 9 heteroatoms. The molecule has 0 atom stereocenters. The molecule has 0 saturated carbocycles. The fourth-order valence-electron chi connectivity index (χ4n) is 6.60. The first kappa shape index (κ1) is 24.8. The van der Waals surface area contributed by atoms with E-state index in [1.165, 1.54) is 33.3 Å². The summed E-state index contributed by atoms with van der Waals surface area (Å²) >= 11 is 0. The third-order valence-corrected chi connectivity index (χ3v) is 7.92. The molecule has 5 aromatic rings. The van der Waals surface area contributed by atoms with Crippen LogP contribution in [0.2, 0.25) is 0 Å². The third kappa shape index (κ3) is 2.88. The van der Waals surface area contributed by atoms with Crippen molar-refractivity contribution >= 4 is 54.4 Å². The summed E-state index contributed by atoms with van der Waals surface area (Å²) in [4.78, 5) is 40.4. The van der Waals surface area contributed by atoms with Crippen molar-refractivity contribution in [1.29, 1.82) is 0 Å². The molecule has 5 aromatic carbocycles. The van der Waals surface area contributed by atoms with Crippen molar-refractivity contribution < 1.29 is 34.7 Å². The second kappa shape index (κ2) is 8.26. The zero-order valence-electron chi connectivity index (χ0n) is 21.6. The Bertz CT molecular complexity index is 2070. The number of aromatic hydroxyl groups is 2. The second-order valence-electron chi connectivity index (χ2n) is 9.89. The monoisotopic (exact) mass is 528 g/mol. The topological polar surface area (TPSA) is 151 Å². The molecular weight excluding hydrogens is 504 g/mol. The van der Waals surface area contributed by atoms with Gasteiger partial charge in [0.25, 0.3) is 0 Å². The van der Waals surface area contributed by atoms with E-state index in [0.717, 1.165) is 0 Å². The zero-order valence-corrected chi connectivity index (χ0v) is 21.6. The first-order valence-electron chi connectivity index (χ1n) is 12.2. The largest absolute Gasteiger partial charge is 0.507 e. The number of Topliss-reactive ketones (excluding diaryl/α,β-unsaturated/α-hetero) is 1.